The number of aromatic nitrogens is 5. The maximum Gasteiger partial charge on any atom is 0.345 e. The molecule has 1 amide bonds. The van der Waals surface area contributed by atoms with Gasteiger partial charge in [0.2, 0.25) is 5.95 Å². The Morgan fingerprint density at radius 1 is 1.32 bits per heavy atom. The lowest BCUT2D eigenvalue weighted by molar-refractivity contribution is 0.0947. The van der Waals surface area contributed by atoms with Crippen LogP contribution in [0.25, 0.3) is 0 Å². The van der Waals surface area contributed by atoms with Gasteiger partial charge in [-0.3, -0.25) is 9.36 Å². The van der Waals surface area contributed by atoms with Crippen molar-refractivity contribution in [3.63, 3.8) is 0 Å². The summed E-state index contributed by atoms with van der Waals surface area (Å²) in [6.07, 6.45) is 4.98. The molecule has 0 aliphatic carbocycles. The van der Waals surface area contributed by atoms with Gasteiger partial charge < -0.3 is 10.2 Å². The van der Waals surface area contributed by atoms with Crippen LogP contribution < -0.4 is 15.9 Å². The standard InChI is InChI=1S/C18H26ClN7O2/c1-3-24(4-2)17-21-12-13(19)15(22-17)16(27)20-9-7-11-26-18(28)25-10-6-5-8-14(25)23-26/h12H,3-11H2,1-2H3,(H,20,27). The maximum absolute atomic E-state index is 12.5. The number of nitrogens with one attached hydrogen (secondary N) is 1. The van der Waals surface area contributed by atoms with Crippen LogP contribution >= 0.6 is 11.6 Å². The average Bonchev–Trinajstić information content (AvgIpc) is 3.03. The first kappa shape index (κ1) is 20.3. The monoisotopic (exact) mass is 407 g/mol. The van der Waals surface area contributed by atoms with Gasteiger partial charge in [-0.2, -0.15) is 5.10 Å². The zero-order valence-electron chi connectivity index (χ0n) is 16.3. The van der Waals surface area contributed by atoms with Crippen LogP contribution in [0.4, 0.5) is 5.95 Å². The van der Waals surface area contributed by atoms with E-state index in [2.05, 4.69) is 20.4 Å². The van der Waals surface area contributed by atoms with Crippen molar-refractivity contribution in [2.75, 3.05) is 24.5 Å². The molecule has 9 nitrogen and oxygen atoms in total. The lowest BCUT2D eigenvalue weighted by atomic mass is 10.2. The van der Waals surface area contributed by atoms with E-state index in [0.717, 1.165) is 44.7 Å². The molecule has 152 valence electrons. The maximum atomic E-state index is 12.5. The zero-order valence-corrected chi connectivity index (χ0v) is 17.1. The summed E-state index contributed by atoms with van der Waals surface area (Å²) in [4.78, 5) is 35.2. The number of aryl methyl sites for hydroxylation is 2. The van der Waals surface area contributed by atoms with Crippen LogP contribution in [0.15, 0.2) is 11.0 Å². The second-order valence-electron chi connectivity index (χ2n) is 6.68. The summed E-state index contributed by atoms with van der Waals surface area (Å²) < 4.78 is 3.24. The van der Waals surface area contributed by atoms with Crippen molar-refractivity contribution in [1.29, 1.82) is 0 Å². The smallest absolute Gasteiger partial charge is 0.345 e. The molecule has 1 N–H and O–H groups in total. The van der Waals surface area contributed by atoms with Crippen molar-refractivity contribution in [3.8, 4) is 0 Å². The third-order valence-corrected chi connectivity index (χ3v) is 5.13. The Morgan fingerprint density at radius 2 is 2.11 bits per heavy atom. The van der Waals surface area contributed by atoms with Crippen molar-refractivity contribution >= 4 is 23.5 Å². The molecule has 0 atom stereocenters. The fourth-order valence-electron chi connectivity index (χ4n) is 3.28. The first-order valence-electron chi connectivity index (χ1n) is 9.77. The highest BCUT2D eigenvalue weighted by Gasteiger charge is 2.18. The molecule has 3 heterocycles. The minimum Gasteiger partial charge on any atom is -0.351 e. The number of hydrogen-bond acceptors (Lipinski definition) is 6. The first-order valence-corrected chi connectivity index (χ1v) is 10.1. The summed E-state index contributed by atoms with van der Waals surface area (Å²) in [6, 6.07) is 0. The second-order valence-corrected chi connectivity index (χ2v) is 7.09. The van der Waals surface area contributed by atoms with E-state index >= 15 is 0 Å². The van der Waals surface area contributed by atoms with Crippen LogP contribution in [0.3, 0.4) is 0 Å². The van der Waals surface area contributed by atoms with Crippen LogP contribution in [0.5, 0.6) is 0 Å². The minimum atomic E-state index is -0.350. The fourth-order valence-corrected chi connectivity index (χ4v) is 3.46. The number of amides is 1. The summed E-state index contributed by atoms with van der Waals surface area (Å²) in [5.41, 5.74) is 0.0944. The zero-order chi connectivity index (χ0) is 20.1. The van der Waals surface area contributed by atoms with Gasteiger partial charge in [-0.15, -0.1) is 0 Å². The molecule has 0 saturated heterocycles. The minimum absolute atomic E-state index is 0.0660. The average molecular weight is 408 g/mol. The molecule has 0 unspecified atom stereocenters. The molecular formula is C18H26ClN7O2. The Labute approximate surface area is 168 Å². The summed E-state index contributed by atoms with van der Waals surface area (Å²) in [5, 5.41) is 7.42. The third-order valence-electron chi connectivity index (χ3n) is 4.86. The van der Waals surface area contributed by atoms with Gasteiger partial charge in [-0.1, -0.05) is 11.6 Å². The molecule has 1 aliphatic rings. The van der Waals surface area contributed by atoms with Crippen LogP contribution in [0.1, 0.15) is 49.4 Å². The Bertz CT molecular complexity index is 889. The van der Waals surface area contributed by atoms with Gasteiger partial charge in [-0.05, 0) is 33.1 Å². The number of carbonyl (C=O) groups is 1. The molecule has 0 saturated carbocycles. The third kappa shape index (κ3) is 4.35. The van der Waals surface area contributed by atoms with E-state index in [1.54, 1.807) is 4.57 Å². The highest BCUT2D eigenvalue weighted by atomic mass is 35.5. The number of halogens is 1. The highest BCUT2D eigenvalue weighted by molar-refractivity contribution is 6.33. The summed E-state index contributed by atoms with van der Waals surface area (Å²) >= 11 is 6.11. The largest absolute Gasteiger partial charge is 0.351 e. The van der Waals surface area contributed by atoms with Crippen LogP contribution in [-0.4, -0.2) is 49.9 Å². The van der Waals surface area contributed by atoms with Crippen LogP contribution in [-0.2, 0) is 19.5 Å². The van der Waals surface area contributed by atoms with Crippen molar-refractivity contribution in [2.45, 2.75) is 52.6 Å². The number of rotatable bonds is 8. The van der Waals surface area contributed by atoms with Crippen molar-refractivity contribution in [3.05, 3.63) is 33.2 Å². The molecule has 0 aromatic carbocycles. The molecule has 3 rings (SSSR count). The first-order chi connectivity index (χ1) is 13.5. The molecule has 2 aromatic heterocycles. The quantitative estimate of drug-likeness (QED) is 0.666. The Morgan fingerprint density at radius 3 is 2.82 bits per heavy atom. The van der Waals surface area contributed by atoms with Gasteiger partial charge in [0.1, 0.15) is 5.82 Å². The van der Waals surface area contributed by atoms with Crippen molar-refractivity contribution < 1.29 is 4.79 Å². The van der Waals surface area contributed by atoms with Gasteiger partial charge in [0.15, 0.2) is 5.69 Å². The van der Waals surface area contributed by atoms with E-state index in [4.69, 9.17) is 11.6 Å². The van der Waals surface area contributed by atoms with Crippen molar-refractivity contribution in [2.24, 2.45) is 0 Å². The topological polar surface area (TPSA) is 97.9 Å². The molecule has 2 aromatic rings. The normalized spacial score (nSPS) is 13.2. The second kappa shape index (κ2) is 9.18. The Balaban J connectivity index is 1.57. The molecule has 0 bridgehead atoms. The molecule has 0 spiro atoms. The SMILES string of the molecule is CCN(CC)c1ncc(Cl)c(C(=O)NCCCn2nc3n(c2=O)CCCC3)n1. The summed E-state index contributed by atoms with van der Waals surface area (Å²) in [5.74, 6) is 0.990. The van der Waals surface area contributed by atoms with Gasteiger partial charge in [0.25, 0.3) is 5.91 Å². The predicted octanol–water partition coefficient (Wildman–Crippen LogP) is 1.49. The highest BCUT2D eigenvalue weighted by Crippen LogP contribution is 2.16. The van der Waals surface area contributed by atoms with Crippen LogP contribution in [0.2, 0.25) is 5.02 Å². The fraction of sp³-hybridized carbons (Fsp3) is 0.611. The lowest BCUT2D eigenvalue weighted by Gasteiger charge is -2.19. The van der Waals surface area contributed by atoms with E-state index in [1.165, 1.54) is 10.9 Å². The van der Waals surface area contributed by atoms with Gasteiger partial charge in [0, 0.05) is 39.1 Å². The number of nitrogens with zero attached hydrogens (tertiary/aromatic N) is 6. The van der Waals surface area contributed by atoms with Crippen LogP contribution in [0, 0.1) is 0 Å². The van der Waals surface area contributed by atoms with Gasteiger partial charge in [-0.25, -0.2) is 19.4 Å². The van der Waals surface area contributed by atoms with E-state index in [9.17, 15) is 9.59 Å². The molecule has 10 heteroatoms. The summed E-state index contributed by atoms with van der Waals surface area (Å²) in [6.45, 7) is 7.07. The Kier molecular flexibility index (Phi) is 6.66. The van der Waals surface area contributed by atoms with E-state index in [0.29, 0.717) is 25.5 Å². The van der Waals surface area contributed by atoms with Gasteiger partial charge in [0.05, 0.1) is 11.2 Å². The number of carbonyl (C=O) groups excluding carboxylic acids is 1. The number of hydrogen-bond donors (Lipinski definition) is 1. The van der Waals surface area contributed by atoms with Crippen molar-refractivity contribution in [1.82, 2.24) is 29.6 Å². The number of fused-ring (bicyclic) bond motifs is 1. The van der Waals surface area contributed by atoms with E-state index < -0.39 is 0 Å². The molecule has 28 heavy (non-hydrogen) atoms. The number of anilines is 1. The molecular weight excluding hydrogens is 382 g/mol. The molecule has 1 aliphatic heterocycles. The summed E-state index contributed by atoms with van der Waals surface area (Å²) in [7, 11) is 0. The molecule has 0 fully saturated rings. The predicted molar refractivity (Wildman–Crippen MR) is 107 cm³/mol. The Hall–Kier alpha value is -2.42. The van der Waals surface area contributed by atoms with Gasteiger partial charge >= 0.3 is 5.69 Å². The lowest BCUT2D eigenvalue weighted by Crippen LogP contribution is -2.30. The van der Waals surface area contributed by atoms with E-state index in [-0.39, 0.29) is 22.3 Å². The molecule has 0 radical (unpaired) electrons. The van der Waals surface area contributed by atoms with E-state index in [1.807, 2.05) is 18.7 Å².